The van der Waals surface area contributed by atoms with Crippen molar-refractivity contribution in [2.75, 3.05) is 7.11 Å². The highest BCUT2D eigenvalue weighted by Crippen LogP contribution is 2.48. The van der Waals surface area contributed by atoms with E-state index in [9.17, 15) is 0 Å². The van der Waals surface area contributed by atoms with Crippen molar-refractivity contribution in [3.05, 3.63) is 29.8 Å². The summed E-state index contributed by atoms with van der Waals surface area (Å²) in [5.41, 5.74) is 1.25. The molecule has 2 heteroatoms. The molecular weight excluding hydrogens is 164 g/mol. The van der Waals surface area contributed by atoms with Gasteiger partial charge in [0.25, 0.3) is 0 Å². The second-order valence-electron chi connectivity index (χ2n) is 3.87. The third-order valence-corrected chi connectivity index (χ3v) is 2.41. The first-order valence-electron chi connectivity index (χ1n) is 4.45. The van der Waals surface area contributed by atoms with Crippen molar-refractivity contribution in [2.24, 2.45) is 0 Å². The molecule has 1 aliphatic heterocycles. The molecule has 0 N–H and O–H groups in total. The summed E-state index contributed by atoms with van der Waals surface area (Å²) in [5.74, 6) is 0.891. The smallest absolute Gasteiger partial charge is 0.118 e. The molecule has 0 bridgehead atoms. The second kappa shape index (κ2) is 2.74. The molecule has 0 saturated carbocycles. The highest BCUT2D eigenvalue weighted by molar-refractivity contribution is 5.31. The lowest BCUT2D eigenvalue weighted by Gasteiger charge is -2.01. The zero-order chi connectivity index (χ0) is 9.47. The lowest BCUT2D eigenvalue weighted by atomic mass is 10.0. The van der Waals surface area contributed by atoms with Crippen LogP contribution in [0.5, 0.6) is 5.75 Å². The summed E-state index contributed by atoms with van der Waals surface area (Å²) in [6, 6.07) is 8.04. The molecule has 0 aliphatic carbocycles. The van der Waals surface area contributed by atoms with Crippen molar-refractivity contribution >= 4 is 0 Å². The van der Waals surface area contributed by atoms with Gasteiger partial charge in [0.2, 0.25) is 0 Å². The maximum Gasteiger partial charge on any atom is 0.118 e. The van der Waals surface area contributed by atoms with Gasteiger partial charge in [-0.05, 0) is 31.5 Å². The van der Waals surface area contributed by atoms with Crippen molar-refractivity contribution in [3.8, 4) is 5.75 Å². The Hall–Kier alpha value is -1.02. The molecule has 1 saturated heterocycles. The third-order valence-electron chi connectivity index (χ3n) is 2.41. The average Bonchev–Trinajstić information content (AvgIpc) is 2.76. The molecule has 1 aromatic carbocycles. The molecule has 0 spiro atoms. The molecule has 0 amide bonds. The summed E-state index contributed by atoms with van der Waals surface area (Å²) >= 11 is 0. The van der Waals surface area contributed by atoms with E-state index < -0.39 is 0 Å². The summed E-state index contributed by atoms with van der Waals surface area (Å²) in [6.07, 6.45) is 0.262. The average molecular weight is 178 g/mol. The largest absolute Gasteiger partial charge is 0.497 e. The lowest BCUT2D eigenvalue weighted by Crippen LogP contribution is -1.97. The Morgan fingerprint density at radius 1 is 1.23 bits per heavy atom. The normalized spacial score (nSPS) is 24.1. The first kappa shape index (κ1) is 8.57. The summed E-state index contributed by atoms with van der Waals surface area (Å²) in [6.45, 7) is 4.20. The van der Waals surface area contributed by atoms with Gasteiger partial charge < -0.3 is 9.47 Å². The van der Waals surface area contributed by atoms with Crippen molar-refractivity contribution in [1.29, 1.82) is 0 Å². The number of benzene rings is 1. The fraction of sp³-hybridized carbons (Fsp3) is 0.455. The van der Waals surface area contributed by atoms with Gasteiger partial charge >= 0.3 is 0 Å². The van der Waals surface area contributed by atoms with Gasteiger partial charge in [0, 0.05) is 0 Å². The highest BCUT2D eigenvalue weighted by Gasteiger charge is 2.48. The van der Waals surface area contributed by atoms with Gasteiger partial charge in [0.1, 0.15) is 11.9 Å². The van der Waals surface area contributed by atoms with Gasteiger partial charge in [-0.15, -0.1) is 0 Å². The first-order valence-corrected chi connectivity index (χ1v) is 4.45. The van der Waals surface area contributed by atoms with Gasteiger partial charge in [-0.1, -0.05) is 12.1 Å². The van der Waals surface area contributed by atoms with Crippen LogP contribution in [0.2, 0.25) is 0 Å². The van der Waals surface area contributed by atoms with Crippen LogP contribution in [0.25, 0.3) is 0 Å². The summed E-state index contributed by atoms with van der Waals surface area (Å²) in [4.78, 5) is 0. The van der Waals surface area contributed by atoms with Gasteiger partial charge in [0.15, 0.2) is 0 Å². The fourth-order valence-corrected chi connectivity index (χ4v) is 1.52. The van der Waals surface area contributed by atoms with Crippen LogP contribution in [-0.4, -0.2) is 12.7 Å². The third kappa shape index (κ3) is 1.54. The quantitative estimate of drug-likeness (QED) is 0.649. The summed E-state index contributed by atoms with van der Waals surface area (Å²) in [7, 11) is 1.67. The molecule has 2 rings (SSSR count). The van der Waals surface area contributed by atoms with E-state index >= 15 is 0 Å². The van der Waals surface area contributed by atoms with Crippen molar-refractivity contribution in [3.63, 3.8) is 0 Å². The molecule has 13 heavy (non-hydrogen) atoms. The highest BCUT2D eigenvalue weighted by atomic mass is 16.6. The Bertz CT molecular complexity index is 300. The van der Waals surface area contributed by atoms with E-state index in [0.29, 0.717) is 0 Å². The van der Waals surface area contributed by atoms with Crippen LogP contribution in [-0.2, 0) is 4.74 Å². The molecule has 1 fully saturated rings. The zero-order valence-electron chi connectivity index (χ0n) is 8.20. The van der Waals surface area contributed by atoms with Gasteiger partial charge in [-0.25, -0.2) is 0 Å². The minimum atomic E-state index is 0.0224. The fourth-order valence-electron chi connectivity index (χ4n) is 1.52. The Morgan fingerprint density at radius 2 is 1.77 bits per heavy atom. The topological polar surface area (TPSA) is 21.8 Å². The van der Waals surface area contributed by atoms with E-state index in [-0.39, 0.29) is 11.7 Å². The number of hydrogen-bond donors (Lipinski definition) is 0. The predicted octanol–water partition coefficient (Wildman–Crippen LogP) is 2.55. The van der Waals surface area contributed by atoms with Gasteiger partial charge in [0.05, 0.1) is 12.7 Å². The number of ether oxygens (including phenoxy) is 2. The maximum atomic E-state index is 5.52. The van der Waals surface area contributed by atoms with E-state index in [1.807, 2.05) is 12.1 Å². The van der Waals surface area contributed by atoms with Crippen LogP contribution in [0.15, 0.2) is 24.3 Å². The summed E-state index contributed by atoms with van der Waals surface area (Å²) < 4.78 is 10.6. The Kier molecular flexibility index (Phi) is 1.81. The van der Waals surface area contributed by atoms with E-state index in [2.05, 4.69) is 26.0 Å². The van der Waals surface area contributed by atoms with Crippen molar-refractivity contribution < 1.29 is 9.47 Å². The van der Waals surface area contributed by atoms with Crippen LogP contribution in [0, 0.1) is 0 Å². The minimum absolute atomic E-state index is 0.0224. The Balaban J connectivity index is 2.16. The molecule has 0 unspecified atom stereocenters. The predicted molar refractivity (Wildman–Crippen MR) is 50.9 cm³/mol. The Morgan fingerprint density at radius 3 is 2.15 bits per heavy atom. The number of rotatable bonds is 2. The van der Waals surface area contributed by atoms with Crippen LogP contribution < -0.4 is 4.74 Å². The van der Waals surface area contributed by atoms with Crippen molar-refractivity contribution in [1.82, 2.24) is 0 Å². The molecular formula is C11H14O2. The van der Waals surface area contributed by atoms with Crippen molar-refractivity contribution in [2.45, 2.75) is 25.6 Å². The second-order valence-corrected chi connectivity index (χ2v) is 3.87. The Labute approximate surface area is 78.5 Å². The SMILES string of the molecule is COc1ccc([C@@H]2OC2(C)C)cc1. The zero-order valence-corrected chi connectivity index (χ0v) is 8.20. The number of epoxide rings is 1. The van der Waals surface area contributed by atoms with E-state index in [4.69, 9.17) is 9.47 Å². The van der Waals surface area contributed by atoms with E-state index in [0.717, 1.165) is 5.75 Å². The van der Waals surface area contributed by atoms with Gasteiger partial charge in [-0.3, -0.25) is 0 Å². The summed E-state index contributed by atoms with van der Waals surface area (Å²) in [5, 5.41) is 0. The van der Waals surface area contributed by atoms with Crippen LogP contribution >= 0.6 is 0 Å². The van der Waals surface area contributed by atoms with E-state index in [1.165, 1.54) is 5.56 Å². The number of hydrogen-bond acceptors (Lipinski definition) is 2. The number of methoxy groups -OCH3 is 1. The monoisotopic (exact) mass is 178 g/mol. The molecule has 70 valence electrons. The molecule has 1 aromatic rings. The molecule has 0 aromatic heterocycles. The first-order chi connectivity index (χ1) is 6.13. The van der Waals surface area contributed by atoms with Crippen LogP contribution in [0.4, 0.5) is 0 Å². The standard InChI is InChI=1S/C11H14O2/c1-11(2)10(13-11)8-4-6-9(12-3)7-5-8/h4-7,10H,1-3H3/t10-/m0/s1. The molecule has 1 heterocycles. The van der Waals surface area contributed by atoms with Crippen LogP contribution in [0.1, 0.15) is 25.5 Å². The van der Waals surface area contributed by atoms with Crippen LogP contribution in [0.3, 0.4) is 0 Å². The minimum Gasteiger partial charge on any atom is -0.497 e. The lowest BCUT2D eigenvalue weighted by molar-refractivity contribution is 0.325. The van der Waals surface area contributed by atoms with Gasteiger partial charge in [-0.2, -0.15) is 0 Å². The molecule has 0 radical (unpaired) electrons. The van der Waals surface area contributed by atoms with E-state index in [1.54, 1.807) is 7.11 Å². The molecule has 2 nitrogen and oxygen atoms in total. The molecule has 1 atom stereocenters. The molecule has 1 aliphatic rings. The maximum absolute atomic E-state index is 5.52.